The number of carbonyl (C=O) groups is 1. The van der Waals surface area contributed by atoms with Crippen molar-refractivity contribution in [2.24, 2.45) is 11.8 Å². The van der Waals surface area contributed by atoms with E-state index in [1.807, 2.05) is 13.8 Å². The maximum Gasteiger partial charge on any atom is 0.259 e. The quantitative estimate of drug-likeness (QED) is 0.555. The molecule has 1 N–H and O–H groups in total. The normalized spacial score (nSPS) is 18.9. The van der Waals surface area contributed by atoms with Crippen molar-refractivity contribution in [1.29, 1.82) is 0 Å². The Morgan fingerprint density at radius 3 is 2.54 bits per heavy atom. The summed E-state index contributed by atoms with van der Waals surface area (Å²) in [7, 11) is -2.23. The minimum Gasteiger partial charge on any atom is -0.472 e. The fourth-order valence-corrected chi connectivity index (χ4v) is 5.17. The molecule has 1 aliphatic heterocycles. The molecule has 1 amide bonds. The van der Waals surface area contributed by atoms with Crippen molar-refractivity contribution in [1.82, 2.24) is 14.2 Å². The molecular weight excluding hydrogens is 490 g/mol. The molecule has 0 saturated heterocycles. The molecule has 0 radical (unpaired) electrons. The van der Waals surface area contributed by atoms with Gasteiger partial charge >= 0.3 is 0 Å². The number of ether oxygens (including phenoxy) is 1. The van der Waals surface area contributed by atoms with Gasteiger partial charge in [0.05, 0.1) is 24.1 Å². The van der Waals surface area contributed by atoms with Gasteiger partial charge in [-0.25, -0.2) is 13.4 Å². The third-order valence-electron chi connectivity index (χ3n) is 6.43. The monoisotopic (exact) mass is 527 g/mol. The number of fused-ring (bicyclic) bond motifs is 1. The number of aliphatic hydroxyl groups is 1. The molecule has 2 aromatic rings. The second-order valence-corrected chi connectivity index (χ2v) is 12.2. The molecule has 37 heavy (non-hydrogen) atoms. The predicted molar refractivity (Wildman–Crippen MR) is 143 cm³/mol. The molecule has 2 heterocycles. The van der Waals surface area contributed by atoms with Crippen LogP contribution in [0.2, 0.25) is 0 Å². The Hall–Kier alpha value is -2.93. The van der Waals surface area contributed by atoms with Gasteiger partial charge in [0.2, 0.25) is 15.9 Å². The highest BCUT2D eigenvalue weighted by Crippen LogP contribution is 2.28. The van der Waals surface area contributed by atoms with Gasteiger partial charge in [-0.05, 0) is 38.0 Å². The Morgan fingerprint density at radius 1 is 1.24 bits per heavy atom. The van der Waals surface area contributed by atoms with Crippen LogP contribution in [0.1, 0.15) is 55.6 Å². The summed E-state index contributed by atoms with van der Waals surface area (Å²) < 4.78 is 34.0. The van der Waals surface area contributed by atoms with Crippen LogP contribution < -0.4 is 4.74 Å². The number of rotatable bonds is 7. The smallest absolute Gasteiger partial charge is 0.259 e. The van der Waals surface area contributed by atoms with Crippen molar-refractivity contribution in [2.45, 2.75) is 58.1 Å². The maximum absolute atomic E-state index is 13.5. The molecule has 3 atom stereocenters. The number of aryl methyl sites for hydroxylation is 1. The molecule has 9 heteroatoms. The van der Waals surface area contributed by atoms with Gasteiger partial charge in [0.1, 0.15) is 11.7 Å². The Bertz CT molecular complexity index is 1260. The van der Waals surface area contributed by atoms with Crippen LogP contribution >= 0.6 is 0 Å². The van der Waals surface area contributed by atoms with E-state index in [9.17, 15) is 18.3 Å². The van der Waals surface area contributed by atoms with Gasteiger partial charge in [0.15, 0.2) is 0 Å². The number of amides is 1. The maximum atomic E-state index is 13.5. The van der Waals surface area contributed by atoms with E-state index in [1.54, 1.807) is 48.4 Å². The third kappa shape index (κ3) is 6.89. The average molecular weight is 528 g/mol. The van der Waals surface area contributed by atoms with Gasteiger partial charge in [0.25, 0.3) is 5.91 Å². The molecule has 1 aliphatic rings. The summed E-state index contributed by atoms with van der Waals surface area (Å²) >= 11 is 0. The van der Waals surface area contributed by atoms with Gasteiger partial charge in [0, 0.05) is 37.7 Å². The van der Waals surface area contributed by atoms with Crippen LogP contribution in [0, 0.1) is 30.6 Å². The number of pyridine rings is 1. The first-order chi connectivity index (χ1) is 17.4. The molecule has 0 bridgehead atoms. The van der Waals surface area contributed by atoms with Gasteiger partial charge in [-0.15, -0.1) is 0 Å². The number of likely N-dealkylation sites (N-methyl/N-ethyl adjacent to an activating group) is 1. The number of nitrogens with zero attached hydrogens (tertiary/aromatic N) is 3. The molecular formula is C28H37N3O5S. The Balaban J connectivity index is 1.96. The zero-order valence-corrected chi connectivity index (χ0v) is 23.2. The standard InChI is InChI=1S/C28H37N3O5S/c1-19(2)8-7-9-23-14-25-27(29-15-23)36-26(21(4)16-31(28(25)33)22(5)18-32)17-30(6)37(34,35)24-12-10-20(3)11-13-24/h10-15,19,21-22,26,32H,8,16-18H2,1-6H3/t21-,22+,26+/m1/s1. The highest BCUT2D eigenvalue weighted by atomic mass is 32.2. The second kappa shape index (κ2) is 12.1. The van der Waals surface area contributed by atoms with Crippen molar-refractivity contribution < 1.29 is 23.1 Å². The number of hydrogen-bond acceptors (Lipinski definition) is 6. The molecule has 0 aliphatic carbocycles. The van der Waals surface area contributed by atoms with Gasteiger partial charge in [-0.2, -0.15) is 4.31 Å². The van der Waals surface area contributed by atoms with Gasteiger partial charge in [-0.3, -0.25) is 4.79 Å². The molecule has 3 rings (SSSR count). The van der Waals surface area contributed by atoms with Crippen molar-refractivity contribution in [3.63, 3.8) is 0 Å². The fraction of sp³-hybridized carbons (Fsp3) is 0.500. The molecule has 0 saturated carbocycles. The number of carbonyl (C=O) groups excluding carboxylic acids is 1. The number of sulfonamides is 1. The van der Waals surface area contributed by atoms with E-state index in [1.165, 1.54) is 11.4 Å². The Labute approximate surface area is 220 Å². The minimum absolute atomic E-state index is 0.0595. The molecule has 200 valence electrons. The molecule has 0 spiro atoms. The number of aliphatic hydroxyl groups excluding tert-OH is 1. The number of benzene rings is 1. The van der Waals surface area contributed by atoms with E-state index in [0.29, 0.717) is 11.5 Å². The lowest BCUT2D eigenvalue weighted by Gasteiger charge is -2.37. The van der Waals surface area contributed by atoms with E-state index in [4.69, 9.17) is 4.74 Å². The molecule has 0 fully saturated rings. The number of hydrogen-bond donors (Lipinski definition) is 1. The van der Waals surface area contributed by atoms with Crippen LogP contribution in [-0.4, -0.2) is 72.5 Å². The van der Waals surface area contributed by atoms with E-state index in [2.05, 4.69) is 30.7 Å². The van der Waals surface area contributed by atoms with Crippen LogP contribution in [0.4, 0.5) is 0 Å². The Kier molecular flexibility index (Phi) is 9.35. The predicted octanol–water partition coefficient (Wildman–Crippen LogP) is 3.33. The summed E-state index contributed by atoms with van der Waals surface area (Å²) in [5, 5.41) is 9.84. The first kappa shape index (κ1) is 28.6. The number of aromatic nitrogens is 1. The molecule has 1 aromatic carbocycles. The van der Waals surface area contributed by atoms with Crippen molar-refractivity contribution in [3.8, 4) is 17.7 Å². The van der Waals surface area contributed by atoms with Crippen LogP contribution in [0.3, 0.4) is 0 Å². The minimum atomic E-state index is -3.75. The second-order valence-electron chi connectivity index (χ2n) is 10.2. The summed E-state index contributed by atoms with van der Waals surface area (Å²) in [6.45, 7) is 9.87. The van der Waals surface area contributed by atoms with Gasteiger partial charge < -0.3 is 14.7 Å². The van der Waals surface area contributed by atoms with Crippen molar-refractivity contribution in [2.75, 3.05) is 26.7 Å². The van der Waals surface area contributed by atoms with E-state index in [-0.39, 0.29) is 47.9 Å². The zero-order valence-electron chi connectivity index (χ0n) is 22.4. The largest absolute Gasteiger partial charge is 0.472 e. The highest BCUT2D eigenvalue weighted by Gasteiger charge is 2.35. The summed E-state index contributed by atoms with van der Waals surface area (Å²) in [6.07, 6.45) is 1.70. The highest BCUT2D eigenvalue weighted by molar-refractivity contribution is 7.89. The third-order valence-corrected chi connectivity index (χ3v) is 8.27. The first-order valence-corrected chi connectivity index (χ1v) is 14.0. The zero-order chi connectivity index (χ0) is 27.3. The van der Waals surface area contributed by atoms with Crippen molar-refractivity contribution >= 4 is 15.9 Å². The molecule has 8 nitrogen and oxygen atoms in total. The lowest BCUT2D eigenvalue weighted by molar-refractivity contribution is 0.0373. The lowest BCUT2D eigenvalue weighted by atomic mass is 10.00. The van der Waals surface area contributed by atoms with E-state index in [0.717, 1.165) is 12.0 Å². The van der Waals surface area contributed by atoms with E-state index >= 15 is 0 Å². The summed E-state index contributed by atoms with van der Waals surface area (Å²) in [6, 6.07) is 7.92. The van der Waals surface area contributed by atoms with Crippen molar-refractivity contribution in [3.05, 3.63) is 53.2 Å². The van der Waals surface area contributed by atoms with Crippen LogP contribution in [0.5, 0.6) is 5.88 Å². The summed E-state index contributed by atoms with van der Waals surface area (Å²) in [5.41, 5.74) is 1.81. The summed E-state index contributed by atoms with van der Waals surface area (Å²) in [4.78, 5) is 19.7. The average Bonchev–Trinajstić information content (AvgIpc) is 2.85. The van der Waals surface area contributed by atoms with E-state index < -0.39 is 22.2 Å². The van der Waals surface area contributed by atoms with Crippen LogP contribution in [-0.2, 0) is 10.0 Å². The first-order valence-electron chi connectivity index (χ1n) is 12.5. The topological polar surface area (TPSA) is 100 Å². The van der Waals surface area contributed by atoms with Crippen LogP contribution in [0.25, 0.3) is 0 Å². The molecule has 0 unspecified atom stereocenters. The Morgan fingerprint density at radius 2 is 1.92 bits per heavy atom. The molecule has 1 aromatic heterocycles. The lowest BCUT2D eigenvalue weighted by Crippen LogP contribution is -2.50. The van der Waals surface area contributed by atoms with Gasteiger partial charge in [-0.1, -0.05) is 50.3 Å². The van der Waals surface area contributed by atoms with Crippen LogP contribution in [0.15, 0.2) is 41.4 Å². The summed E-state index contributed by atoms with van der Waals surface area (Å²) in [5.74, 6) is 6.17. The fourth-order valence-electron chi connectivity index (χ4n) is 3.99. The SMILES string of the molecule is Cc1ccc(S(=O)(=O)N(C)C[C@@H]2Oc3ncc(C#CCC(C)C)cc3C(=O)N([C@@H](C)CO)C[C@H]2C)cc1.